The van der Waals surface area contributed by atoms with Crippen molar-refractivity contribution < 1.29 is 4.74 Å². The van der Waals surface area contributed by atoms with E-state index in [1.165, 1.54) is 19.3 Å². The minimum Gasteiger partial charge on any atom is -0.374 e. The van der Waals surface area contributed by atoms with Gasteiger partial charge in [0.05, 0.1) is 18.8 Å². The van der Waals surface area contributed by atoms with Gasteiger partial charge in [0.25, 0.3) is 0 Å². The summed E-state index contributed by atoms with van der Waals surface area (Å²) in [6.07, 6.45) is 4.93. The van der Waals surface area contributed by atoms with Gasteiger partial charge in [0, 0.05) is 19.0 Å². The van der Waals surface area contributed by atoms with Gasteiger partial charge in [-0.2, -0.15) is 0 Å². The fourth-order valence-corrected chi connectivity index (χ4v) is 3.38. The van der Waals surface area contributed by atoms with Crippen LogP contribution in [0.1, 0.15) is 32.0 Å². The third-order valence-corrected chi connectivity index (χ3v) is 4.23. The molecule has 5 heteroatoms. The Hall–Kier alpha value is -0.680. The van der Waals surface area contributed by atoms with Crippen molar-refractivity contribution >= 4 is 21.7 Å². The lowest BCUT2D eigenvalue weighted by atomic mass is 10.1. The second kappa shape index (κ2) is 5.13. The predicted molar refractivity (Wildman–Crippen MR) is 73.8 cm³/mol. The number of morpholine rings is 1. The maximum absolute atomic E-state index is 5.84. The van der Waals surface area contributed by atoms with Crippen LogP contribution in [-0.2, 0) is 11.2 Å². The number of aryl methyl sites for hydroxylation is 1. The molecule has 3 rings (SSSR count). The lowest BCUT2D eigenvalue weighted by Crippen LogP contribution is -2.49. The average molecular weight is 312 g/mol. The van der Waals surface area contributed by atoms with Gasteiger partial charge in [0.1, 0.15) is 16.2 Å². The van der Waals surface area contributed by atoms with Crippen LogP contribution in [0.4, 0.5) is 5.82 Å². The van der Waals surface area contributed by atoms with Crippen LogP contribution in [0.15, 0.2) is 10.7 Å². The van der Waals surface area contributed by atoms with E-state index in [0.717, 1.165) is 35.8 Å². The van der Waals surface area contributed by atoms with Crippen molar-refractivity contribution in [1.29, 1.82) is 0 Å². The summed E-state index contributed by atoms with van der Waals surface area (Å²) in [5.74, 6) is 1.95. The van der Waals surface area contributed by atoms with Gasteiger partial charge in [0.2, 0.25) is 0 Å². The first-order valence-corrected chi connectivity index (χ1v) is 7.49. The summed E-state index contributed by atoms with van der Waals surface area (Å²) < 4.78 is 6.72. The summed E-state index contributed by atoms with van der Waals surface area (Å²) in [6, 6.07) is 2.53. The van der Waals surface area contributed by atoms with E-state index in [-0.39, 0.29) is 0 Å². The molecule has 1 saturated carbocycles. The average Bonchev–Trinajstić information content (AvgIpc) is 2.85. The van der Waals surface area contributed by atoms with E-state index < -0.39 is 0 Å². The molecule has 98 valence electrons. The monoisotopic (exact) mass is 311 g/mol. The first-order valence-electron chi connectivity index (χ1n) is 6.69. The van der Waals surface area contributed by atoms with Crippen LogP contribution >= 0.6 is 15.9 Å². The third kappa shape index (κ3) is 2.26. The number of rotatable bonds is 2. The molecule has 1 aliphatic heterocycles. The molecule has 2 heterocycles. The molecule has 2 atom stereocenters. The van der Waals surface area contributed by atoms with Gasteiger partial charge in [0.15, 0.2) is 0 Å². The number of fused-ring (bicyclic) bond motifs is 1. The van der Waals surface area contributed by atoms with Crippen LogP contribution in [0.3, 0.4) is 0 Å². The zero-order valence-electron chi connectivity index (χ0n) is 10.6. The zero-order valence-corrected chi connectivity index (χ0v) is 12.2. The normalized spacial score (nSPS) is 27.3. The van der Waals surface area contributed by atoms with Crippen molar-refractivity contribution in [1.82, 2.24) is 9.97 Å². The van der Waals surface area contributed by atoms with Crippen molar-refractivity contribution in [2.45, 2.75) is 44.8 Å². The number of hydrogen-bond donors (Lipinski definition) is 0. The van der Waals surface area contributed by atoms with Gasteiger partial charge in [-0.05, 0) is 35.2 Å². The summed E-state index contributed by atoms with van der Waals surface area (Å²) >= 11 is 3.48. The van der Waals surface area contributed by atoms with Crippen LogP contribution in [0, 0.1) is 0 Å². The Balaban J connectivity index is 1.90. The molecule has 0 radical (unpaired) electrons. The van der Waals surface area contributed by atoms with E-state index >= 15 is 0 Å². The minimum atomic E-state index is 0.401. The number of anilines is 1. The lowest BCUT2D eigenvalue weighted by molar-refractivity contribution is 0.0253. The number of nitrogens with zero attached hydrogens (tertiary/aromatic N) is 3. The summed E-state index contributed by atoms with van der Waals surface area (Å²) in [5, 5.41) is 0. The molecule has 2 fully saturated rings. The number of ether oxygens (including phenoxy) is 1. The maximum Gasteiger partial charge on any atom is 0.133 e. The number of aromatic nitrogens is 2. The molecule has 2 aliphatic rings. The van der Waals surface area contributed by atoms with E-state index in [1.807, 2.05) is 6.07 Å². The molecule has 1 saturated heterocycles. The van der Waals surface area contributed by atoms with E-state index in [2.05, 4.69) is 37.7 Å². The van der Waals surface area contributed by atoms with Crippen LogP contribution in [-0.4, -0.2) is 35.3 Å². The molecular weight excluding hydrogens is 294 g/mol. The molecule has 4 nitrogen and oxygen atoms in total. The highest BCUT2D eigenvalue weighted by atomic mass is 79.9. The smallest absolute Gasteiger partial charge is 0.133 e. The van der Waals surface area contributed by atoms with E-state index in [9.17, 15) is 0 Å². The summed E-state index contributed by atoms with van der Waals surface area (Å²) in [6.45, 7) is 3.83. The first-order chi connectivity index (χ1) is 8.78. The Morgan fingerprint density at radius 1 is 1.44 bits per heavy atom. The lowest BCUT2D eigenvalue weighted by Gasteiger charge is -2.38. The highest BCUT2D eigenvalue weighted by Gasteiger charge is 2.36. The fourth-order valence-electron chi connectivity index (χ4n) is 2.97. The molecule has 2 unspecified atom stereocenters. The van der Waals surface area contributed by atoms with Crippen molar-refractivity contribution in [2.75, 3.05) is 18.1 Å². The minimum absolute atomic E-state index is 0.401. The molecule has 1 aromatic heterocycles. The Kier molecular flexibility index (Phi) is 3.52. The zero-order chi connectivity index (χ0) is 12.5. The van der Waals surface area contributed by atoms with Crippen LogP contribution in [0.5, 0.6) is 0 Å². The molecule has 18 heavy (non-hydrogen) atoms. The van der Waals surface area contributed by atoms with Crippen LogP contribution in [0.25, 0.3) is 0 Å². The SMILES string of the molecule is CCc1nc(Br)cc(N2CCOC3CCCC32)n1. The fraction of sp³-hybridized carbons (Fsp3) is 0.692. The first kappa shape index (κ1) is 12.4. The van der Waals surface area contributed by atoms with Gasteiger partial charge in [-0.25, -0.2) is 9.97 Å². The molecule has 0 aromatic carbocycles. The molecule has 0 N–H and O–H groups in total. The summed E-state index contributed by atoms with van der Waals surface area (Å²) in [4.78, 5) is 11.5. The largest absolute Gasteiger partial charge is 0.374 e. The molecule has 1 aromatic rings. The molecule has 1 aliphatic carbocycles. The van der Waals surface area contributed by atoms with Crippen LogP contribution < -0.4 is 4.90 Å². The van der Waals surface area contributed by atoms with E-state index in [1.54, 1.807) is 0 Å². The highest BCUT2D eigenvalue weighted by Crippen LogP contribution is 2.32. The Labute approximate surface area is 116 Å². The Bertz CT molecular complexity index is 440. The quantitative estimate of drug-likeness (QED) is 0.787. The van der Waals surface area contributed by atoms with Gasteiger partial charge >= 0.3 is 0 Å². The molecule has 0 bridgehead atoms. The van der Waals surface area contributed by atoms with Crippen molar-refractivity contribution in [3.05, 3.63) is 16.5 Å². The van der Waals surface area contributed by atoms with Gasteiger partial charge < -0.3 is 9.64 Å². The summed E-state index contributed by atoms with van der Waals surface area (Å²) in [5.41, 5.74) is 0. The topological polar surface area (TPSA) is 38.2 Å². The summed E-state index contributed by atoms with van der Waals surface area (Å²) in [7, 11) is 0. The number of hydrogen-bond acceptors (Lipinski definition) is 4. The second-order valence-electron chi connectivity index (χ2n) is 4.92. The van der Waals surface area contributed by atoms with Crippen molar-refractivity contribution in [3.8, 4) is 0 Å². The number of halogens is 1. The third-order valence-electron chi connectivity index (χ3n) is 3.82. The maximum atomic E-state index is 5.84. The van der Waals surface area contributed by atoms with E-state index in [4.69, 9.17) is 4.74 Å². The van der Waals surface area contributed by atoms with Crippen LogP contribution in [0.2, 0.25) is 0 Å². The van der Waals surface area contributed by atoms with E-state index in [0.29, 0.717) is 12.1 Å². The van der Waals surface area contributed by atoms with Gasteiger partial charge in [-0.15, -0.1) is 0 Å². The van der Waals surface area contributed by atoms with Crippen molar-refractivity contribution in [3.63, 3.8) is 0 Å². The van der Waals surface area contributed by atoms with Gasteiger partial charge in [-0.1, -0.05) is 6.92 Å². The van der Waals surface area contributed by atoms with Crippen molar-refractivity contribution in [2.24, 2.45) is 0 Å². The Morgan fingerprint density at radius 2 is 2.33 bits per heavy atom. The second-order valence-corrected chi connectivity index (χ2v) is 5.73. The Morgan fingerprint density at radius 3 is 3.17 bits per heavy atom. The molecule has 0 spiro atoms. The molecular formula is C13H18BrN3O. The highest BCUT2D eigenvalue weighted by molar-refractivity contribution is 9.10. The van der Waals surface area contributed by atoms with Gasteiger partial charge in [-0.3, -0.25) is 0 Å². The molecule has 0 amide bonds. The predicted octanol–water partition coefficient (Wildman–Crippen LogP) is 2.56. The standard InChI is InChI=1S/C13H18BrN3O/c1-2-12-15-11(14)8-13(16-12)17-6-7-18-10-5-3-4-9(10)17/h8-10H,2-7H2,1H3.